The van der Waals surface area contributed by atoms with Gasteiger partial charge in [-0.1, -0.05) is 0 Å². The summed E-state index contributed by atoms with van der Waals surface area (Å²) in [4.78, 5) is 8.93. The van der Waals surface area contributed by atoms with Gasteiger partial charge in [0.05, 0.1) is 18.4 Å². The molecule has 6 nitrogen and oxygen atoms in total. The van der Waals surface area contributed by atoms with Crippen LogP contribution in [0.2, 0.25) is 0 Å². The van der Waals surface area contributed by atoms with Gasteiger partial charge in [-0.25, -0.2) is 4.98 Å². The standard InChI is InChI=1S/C20H31N5O/c1-5-25-14-18(16(2)22-25)13-24-10-11-26-19(15-24)7-6-17-8-9-21-20(12-17)23(3)4/h8-9,12,14,19H,5-7,10-11,13,15H2,1-4H3/t19-/m1/s1. The van der Waals surface area contributed by atoms with Crippen LogP contribution in [0, 0.1) is 6.92 Å². The number of morpholine rings is 1. The second kappa shape index (κ2) is 8.64. The van der Waals surface area contributed by atoms with E-state index in [-0.39, 0.29) is 0 Å². The van der Waals surface area contributed by atoms with Crippen molar-refractivity contribution in [2.24, 2.45) is 0 Å². The number of hydrogen-bond donors (Lipinski definition) is 0. The summed E-state index contributed by atoms with van der Waals surface area (Å²) in [6.45, 7) is 8.91. The third-order valence-electron chi connectivity index (χ3n) is 5.01. The summed E-state index contributed by atoms with van der Waals surface area (Å²) in [6.07, 6.45) is 6.43. The van der Waals surface area contributed by atoms with E-state index in [0.717, 1.165) is 57.1 Å². The minimum absolute atomic E-state index is 0.293. The van der Waals surface area contributed by atoms with Gasteiger partial charge >= 0.3 is 0 Å². The molecule has 0 unspecified atom stereocenters. The Labute approximate surface area is 156 Å². The van der Waals surface area contributed by atoms with Gasteiger partial charge in [0, 0.05) is 58.2 Å². The molecule has 1 aliphatic heterocycles. The summed E-state index contributed by atoms with van der Waals surface area (Å²) in [5, 5.41) is 4.56. The summed E-state index contributed by atoms with van der Waals surface area (Å²) in [5.74, 6) is 1.01. The number of rotatable bonds is 7. The molecular weight excluding hydrogens is 326 g/mol. The summed E-state index contributed by atoms with van der Waals surface area (Å²) in [7, 11) is 4.05. The number of aromatic nitrogens is 3. The average molecular weight is 358 g/mol. The van der Waals surface area contributed by atoms with Crippen molar-refractivity contribution < 1.29 is 4.74 Å². The highest BCUT2D eigenvalue weighted by Crippen LogP contribution is 2.17. The third kappa shape index (κ3) is 4.83. The monoisotopic (exact) mass is 357 g/mol. The molecule has 0 aliphatic carbocycles. The zero-order valence-corrected chi connectivity index (χ0v) is 16.5. The molecule has 0 bridgehead atoms. The van der Waals surface area contributed by atoms with Crippen molar-refractivity contribution >= 4 is 5.82 Å². The zero-order valence-electron chi connectivity index (χ0n) is 16.5. The first-order valence-corrected chi connectivity index (χ1v) is 9.54. The van der Waals surface area contributed by atoms with Gasteiger partial charge in [-0.3, -0.25) is 9.58 Å². The van der Waals surface area contributed by atoms with Crippen molar-refractivity contribution in [3.63, 3.8) is 0 Å². The molecule has 2 aromatic rings. The number of ether oxygens (including phenoxy) is 1. The molecule has 0 spiro atoms. The van der Waals surface area contributed by atoms with Gasteiger partial charge < -0.3 is 9.64 Å². The lowest BCUT2D eigenvalue weighted by molar-refractivity contribution is -0.0346. The summed E-state index contributed by atoms with van der Waals surface area (Å²) in [6, 6.07) is 4.28. The molecule has 3 heterocycles. The van der Waals surface area contributed by atoms with Gasteiger partial charge in [0.1, 0.15) is 5.82 Å². The van der Waals surface area contributed by atoms with E-state index in [0.29, 0.717) is 6.10 Å². The fourth-order valence-electron chi connectivity index (χ4n) is 3.40. The summed E-state index contributed by atoms with van der Waals surface area (Å²) >= 11 is 0. The smallest absolute Gasteiger partial charge is 0.128 e. The SMILES string of the molecule is CCn1cc(CN2CCO[C@H](CCc3ccnc(N(C)C)c3)C2)c(C)n1. The van der Waals surface area contributed by atoms with Crippen molar-refractivity contribution in [1.82, 2.24) is 19.7 Å². The Hall–Kier alpha value is -1.92. The van der Waals surface area contributed by atoms with Crippen LogP contribution < -0.4 is 4.90 Å². The van der Waals surface area contributed by atoms with E-state index in [1.165, 1.54) is 11.1 Å². The molecule has 2 aromatic heterocycles. The van der Waals surface area contributed by atoms with E-state index >= 15 is 0 Å². The molecule has 1 atom stereocenters. The van der Waals surface area contributed by atoms with E-state index in [1.54, 1.807) is 0 Å². The quantitative estimate of drug-likeness (QED) is 0.762. The number of aryl methyl sites for hydroxylation is 3. The Bertz CT molecular complexity index is 712. The van der Waals surface area contributed by atoms with E-state index in [9.17, 15) is 0 Å². The van der Waals surface area contributed by atoms with Crippen LogP contribution in [0.1, 0.15) is 30.2 Å². The molecule has 0 amide bonds. The zero-order chi connectivity index (χ0) is 18.5. The molecular formula is C20H31N5O. The Morgan fingerprint density at radius 2 is 2.19 bits per heavy atom. The van der Waals surface area contributed by atoms with Crippen LogP contribution in [0.5, 0.6) is 0 Å². The molecule has 142 valence electrons. The van der Waals surface area contributed by atoms with Gasteiger partial charge in [-0.05, 0) is 44.4 Å². The first-order valence-electron chi connectivity index (χ1n) is 9.54. The third-order valence-corrected chi connectivity index (χ3v) is 5.01. The predicted molar refractivity (Wildman–Crippen MR) is 105 cm³/mol. The van der Waals surface area contributed by atoms with Crippen LogP contribution in [-0.4, -0.2) is 59.6 Å². The molecule has 1 fully saturated rings. The molecule has 0 radical (unpaired) electrons. The van der Waals surface area contributed by atoms with Gasteiger partial charge in [-0.15, -0.1) is 0 Å². The van der Waals surface area contributed by atoms with Crippen LogP contribution in [0.4, 0.5) is 5.82 Å². The lowest BCUT2D eigenvalue weighted by Gasteiger charge is -2.33. The van der Waals surface area contributed by atoms with Gasteiger partial charge in [0.25, 0.3) is 0 Å². The van der Waals surface area contributed by atoms with Crippen molar-refractivity contribution in [1.29, 1.82) is 0 Å². The second-order valence-electron chi connectivity index (χ2n) is 7.28. The second-order valence-corrected chi connectivity index (χ2v) is 7.28. The van der Waals surface area contributed by atoms with Crippen LogP contribution in [-0.2, 0) is 24.2 Å². The largest absolute Gasteiger partial charge is 0.376 e. The first-order chi connectivity index (χ1) is 12.5. The fraction of sp³-hybridized carbons (Fsp3) is 0.600. The molecule has 1 aliphatic rings. The molecule has 6 heteroatoms. The highest BCUT2D eigenvalue weighted by atomic mass is 16.5. The maximum atomic E-state index is 6.01. The Morgan fingerprint density at radius 3 is 2.92 bits per heavy atom. The van der Waals surface area contributed by atoms with Crippen molar-refractivity contribution in [2.45, 2.75) is 45.9 Å². The van der Waals surface area contributed by atoms with Crippen molar-refractivity contribution in [2.75, 3.05) is 38.7 Å². The minimum Gasteiger partial charge on any atom is -0.376 e. The van der Waals surface area contributed by atoms with Crippen LogP contribution in [0.25, 0.3) is 0 Å². The molecule has 3 rings (SSSR count). The van der Waals surface area contributed by atoms with Gasteiger partial charge in [0.2, 0.25) is 0 Å². The minimum atomic E-state index is 0.293. The summed E-state index contributed by atoms with van der Waals surface area (Å²) < 4.78 is 8.04. The molecule has 1 saturated heterocycles. The average Bonchev–Trinajstić information content (AvgIpc) is 3.00. The highest BCUT2D eigenvalue weighted by Gasteiger charge is 2.21. The van der Waals surface area contributed by atoms with E-state index in [1.807, 2.05) is 29.9 Å². The first kappa shape index (κ1) is 18.9. The van der Waals surface area contributed by atoms with Crippen LogP contribution in [0.15, 0.2) is 24.5 Å². The van der Waals surface area contributed by atoms with E-state index in [4.69, 9.17) is 4.74 Å². The fourth-order valence-corrected chi connectivity index (χ4v) is 3.40. The lowest BCUT2D eigenvalue weighted by atomic mass is 10.1. The number of anilines is 1. The number of pyridine rings is 1. The maximum absolute atomic E-state index is 6.01. The van der Waals surface area contributed by atoms with Crippen molar-refractivity contribution in [3.8, 4) is 0 Å². The Morgan fingerprint density at radius 1 is 1.35 bits per heavy atom. The predicted octanol–water partition coefficient (Wildman–Crippen LogP) is 2.51. The van der Waals surface area contributed by atoms with E-state index in [2.05, 4.69) is 47.2 Å². The Kier molecular flexibility index (Phi) is 6.27. The van der Waals surface area contributed by atoms with Crippen molar-refractivity contribution in [3.05, 3.63) is 41.3 Å². The molecule has 26 heavy (non-hydrogen) atoms. The van der Waals surface area contributed by atoms with Gasteiger partial charge in [0.15, 0.2) is 0 Å². The lowest BCUT2D eigenvalue weighted by Crippen LogP contribution is -2.42. The highest BCUT2D eigenvalue weighted by molar-refractivity contribution is 5.39. The van der Waals surface area contributed by atoms with Gasteiger partial charge in [-0.2, -0.15) is 5.10 Å². The normalized spacial score (nSPS) is 18.2. The number of hydrogen-bond acceptors (Lipinski definition) is 5. The Balaban J connectivity index is 1.53. The number of nitrogens with zero attached hydrogens (tertiary/aromatic N) is 5. The van der Waals surface area contributed by atoms with Crippen LogP contribution in [0.3, 0.4) is 0 Å². The summed E-state index contributed by atoms with van der Waals surface area (Å²) in [5.41, 5.74) is 3.80. The van der Waals surface area contributed by atoms with E-state index < -0.39 is 0 Å². The van der Waals surface area contributed by atoms with Crippen LogP contribution >= 0.6 is 0 Å². The molecule has 0 saturated carbocycles. The molecule has 0 aromatic carbocycles. The topological polar surface area (TPSA) is 46.4 Å². The molecule has 0 N–H and O–H groups in total. The maximum Gasteiger partial charge on any atom is 0.128 e.